The Labute approximate surface area is 156 Å². The fourth-order valence-corrected chi connectivity index (χ4v) is 5.24. The van der Waals surface area contributed by atoms with Crippen molar-refractivity contribution in [3.05, 3.63) is 57.5 Å². The molecule has 1 fully saturated rings. The number of rotatable bonds is 8. The van der Waals surface area contributed by atoms with Crippen LogP contribution in [0.5, 0.6) is 0 Å². The van der Waals surface area contributed by atoms with Crippen molar-refractivity contribution in [3.63, 3.8) is 0 Å². The van der Waals surface area contributed by atoms with E-state index in [1.54, 1.807) is 22.6 Å². The van der Waals surface area contributed by atoms with E-state index in [1.165, 1.54) is 69.8 Å². The zero-order valence-corrected chi connectivity index (χ0v) is 16.3. The van der Waals surface area contributed by atoms with E-state index < -0.39 is 0 Å². The normalized spacial score (nSPS) is 20.7. The van der Waals surface area contributed by atoms with Crippen molar-refractivity contribution in [2.24, 2.45) is 0 Å². The Balaban J connectivity index is 1.46. The molecule has 0 aliphatic heterocycles. The molecule has 136 valence electrons. The Kier molecular flexibility index (Phi) is 7.10. The summed E-state index contributed by atoms with van der Waals surface area (Å²) in [6, 6.07) is 9.64. The van der Waals surface area contributed by atoms with Gasteiger partial charge in [-0.15, -0.1) is 11.3 Å². The van der Waals surface area contributed by atoms with Crippen molar-refractivity contribution in [2.75, 3.05) is 0 Å². The quantitative estimate of drug-likeness (QED) is 0.422. The van der Waals surface area contributed by atoms with Gasteiger partial charge in [0, 0.05) is 4.88 Å². The Hall–Kier alpha value is -1.15. The molecule has 3 rings (SSSR count). The lowest BCUT2D eigenvalue weighted by molar-refractivity contribution is 0.399. The van der Waals surface area contributed by atoms with Gasteiger partial charge in [0.25, 0.3) is 0 Å². The van der Waals surface area contributed by atoms with E-state index in [1.807, 2.05) is 23.5 Å². The van der Waals surface area contributed by atoms with Crippen LogP contribution in [0, 0.1) is 5.82 Å². The van der Waals surface area contributed by atoms with Crippen molar-refractivity contribution < 1.29 is 4.39 Å². The average Bonchev–Trinajstić information content (AvgIpc) is 3.11. The molecule has 1 aliphatic carbocycles. The number of aryl methyl sites for hydroxylation is 1. The van der Waals surface area contributed by atoms with Gasteiger partial charge in [-0.1, -0.05) is 44.7 Å². The van der Waals surface area contributed by atoms with Gasteiger partial charge in [-0.2, -0.15) is 0 Å². The third kappa shape index (κ3) is 5.41. The van der Waals surface area contributed by atoms with Gasteiger partial charge in [0.05, 0.1) is 0 Å². The summed E-state index contributed by atoms with van der Waals surface area (Å²) in [5.41, 5.74) is 2.87. The minimum atomic E-state index is -0.127. The average molecular weight is 359 g/mol. The van der Waals surface area contributed by atoms with E-state index >= 15 is 0 Å². The highest BCUT2D eigenvalue weighted by atomic mass is 32.1. The molecule has 1 saturated carbocycles. The van der Waals surface area contributed by atoms with Crippen molar-refractivity contribution in [3.8, 4) is 0 Å². The molecule has 2 heteroatoms. The first-order valence-corrected chi connectivity index (χ1v) is 11.0. The summed E-state index contributed by atoms with van der Waals surface area (Å²) in [5.74, 6) is 1.24. The molecule has 0 spiro atoms. The molecule has 0 radical (unpaired) electrons. The molecule has 0 nitrogen and oxygen atoms in total. The summed E-state index contributed by atoms with van der Waals surface area (Å²) in [4.78, 5) is 1.60. The lowest BCUT2D eigenvalue weighted by atomic mass is 9.78. The highest BCUT2D eigenvalue weighted by Crippen LogP contribution is 2.42. The lowest BCUT2D eigenvalue weighted by Gasteiger charge is -2.28. The van der Waals surface area contributed by atoms with Crippen molar-refractivity contribution >= 4 is 11.3 Å². The largest absolute Gasteiger partial charge is 0.207 e. The first kappa shape index (κ1) is 18.6. The molecule has 0 N–H and O–H groups in total. The van der Waals surface area contributed by atoms with Crippen LogP contribution >= 0.6 is 11.3 Å². The van der Waals surface area contributed by atoms with Gasteiger partial charge >= 0.3 is 0 Å². The second-order valence-corrected chi connectivity index (χ2v) is 8.56. The first-order chi connectivity index (χ1) is 12.3. The Bertz CT molecular complexity index is 620. The highest BCUT2D eigenvalue weighted by Gasteiger charge is 2.24. The van der Waals surface area contributed by atoms with E-state index in [0.717, 1.165) is 5.92 Å². The monoisotopic (exact) mass is 358 g/mol. The van der Waals surface area contributed by atoms with Crippen molar-refractivity contribution in [2.45, 2.75) is 83.0 Å². The predicted octanol–water partition coefficient (Wildman–Crippen LogP) is 7.84. The van der Waals surface area contributed by atoms with Crippen LogP contribution in [-0.2, 0) is 6.42 Å². The Morgan fingerprint density at radius 1 is 0.920 bits per heavy atom. The van der Waals surface area contributed by atoms with Gasteiger partial charge in [-0.25, -0.2) is 4.39 Å². The molecule has 1 aromatic carbocycles. The number of unbranched alkanes of at least 4 members (excludes halogenated alkanes) is 4. The molecular formula is C23H31FS. The predicted molar refractivity (Wildman–Crippen MR) is 107 cm³/mol. The second-order valence-electron chi connectivity index (χ2n) is 7.62. The fraction of sp³-hybridized carbons (Fsp3) is 0.565. The van der Waals surface area contributed by atoms with Crippen LogP contribution in [-0.4, -0.2) is 0 Å². The van der Waals surface area contributed by atoms with E-state index in [9.17, 15) is 4.39 Å². The van der Waals surface area contributed by atoms with Crippen LogP contribution in [0.25, 0.3) is 0 Å². The van der Waals surface area contributed by atoms with Crippen LogP contribution in [0.1, 0.15) is 92.6 Å². The van der Waals surface area contributed by atoms with Gasteiger partial charge < -0.3 is 0 Å². The highest BCUT2D eigenvalue weighted by molar-refractivity contribution is 7.10. The Morgan fingerprint density at radius 2 is 1.60 bits per heavy atom. The van der Waals surface area contributed by atoms with E-state index in [4.69, 9.17) is 0 Å². The van der Waals surface area contributed by atoms with Crippen molar-refractivity contribution in [1.29, 1.82) is 0 Å². The van der Waals surface area contributed by atoms with Gasteiger partial charge in [-0.05, 0) is 85.1 Å². The maximum Gasteiger partial charge on any atom is 0.123 e. The minimum absolute atomic E-state index is 0.127. The third-order valence-corrected chi connectivity index (χ3v) is 6.86. The standard InChI is InChI=1S/C23H31FS/c1-2-3-4-5-6-7-18-16-23(25-17-18)21-10-8-19(9-11-21)20-12-14-22(24)15-13-20/h12-17,19,21H,2-11H2,1H3. The van der Waals surface area contributed by atoms with Crippen molar-refractivity contribution in [1.82, 2.24) is 0 Å². The molecule has 25 heavy (non-hydrogen) atoms. The molecule has 0 saturated heterocycles. The number of benzene rings is 1. The van der Waals surface area contributed by atoms with Crippen LogP contribution in [0.15, 0.2) is 35.7 Å². The van der Waals surface area contributed by atoms with Gasteiger partial charge in [0.15, 0.2) is 0 Å². The summed E-state index contributed by atoms with van der Waals surface area (Å²) in [6.45, 7) is 2.27. The van der Waals surface area contributed by atoms with Crippen LogP contribution in [0.3, 0.4) is 0 Å². The summed E-state index contributed by atoms with van der Waals surface area (Å²) >= 11 is 1.97. The molecule has 0 unspecified atom stereocenters. The number of halogens is 1. The Morgan fingerprint density at radius 3 is 2.32 bits per heavy atom. The molecule has 0 amide bonds. The second kappa shape index (κ2) is 9.52. The zero-order valence-electron chi connectivity index (χ0n) is 15.5. The van der Waals surface area contributed by atoms with Crippen LogP contribution in [0.2, 0.25) is 0 Å². The van der Waals surface area contributed by atoms with Crippen LogP contribution in [0.4, 0.5) is 4.39 Å². The molecule has 0 bridgehead atoms. The summed E-state index contributed by atoms with van der Waals surface area (Å²) in [7, 11) is 0. The number of thiophene rings is 1. The van der Waals surface area contributed by atoms with Gasteiger partial charge in [0.1, 0.15) is 5.82 Å². The topological polar surface area (TPSA) is 0 Å². The zero-order chi connectivity index (χ0) is 17.5. The van der Waals surface area contributed by atoms with E-state index in [2.05, 4.69) is 18.4 Å². The van der Waals surface area contributed by atoms with Crippen LogP contribution < -0.4 is 0 Å². The van der Waals surface area contributed by atoms with E-state index in [0.29, 0.717) is 5.92 Å². The fourth-order valence-electron chi connectivity index (χ4n) is 4.12. The smallest absolute Gasteiger partial charge is 0.123 e. The summed E-state index contributed by atoms with van der Waals surface area (Å²) < 4.78 is 13.1. The molecule has 1 aromatic heterocycles. The van der Waals surface area contributed by atoms with Gasteiger partial charge in [-0.3, -0.25) is 0 Å². The molecule has 0 atom stereocenters. The minimum Gasteiger partial charge on any atom is -0.207 e. The summed E-state index contributed by atoms with van der Waals surface area (Å²) in [5, 5.41) is 2.39. The van der Waals surface area contributed by atoms with Gasteiger partial charge in [0.2, 0.25) is 0 Å². The molecule has 1 heterocycles. The number of hydrogen-bond acceptors (Lipinski definition) is 1. The molecule has 1 aliphatic rings. The summed E-state index contributed by atoms with van der Waals surface area (Å²) in [6.07, 6.45) is 13.1. The first-order valence-electron chi connectivity index (χ1n) is 10.1. The SMILES string of the molecule is CCCCCCCc1csc(C2CCC(c3ccc(F)cc3)CC2)c1. The maximum atomic E-state index is 13.1. The van der Waals surface area contributed by atoms with E-state index in [-0.39, 0.29) is 5.82 Å². The molecular weight excluding hydrogens is 327 g/mol. The third-order valence-electron chi connectivity index (χ3n) is 5.71. The lowest BCUT2D eigenvalue weighted by Crippen LogP contribution is -2.11. The maximum absolute atomic E-state index is 13.1. The number of hydrogen-bond donors (Lipinski definition) is 0. The molecule has 2 aromatic rings.